The summed E-state index contributed by atoms with van der Waals surface area (Å²) in [6.45, 7) is 16.3. The number of nitrogens with one attached hydrogen (secondary N) is 1. The van der Waals surface area contributed by atoms with Crippen molar-refractivity contribution in [3.63, 3.8) is 0 Å². The van der Waals surface area contributed by atoms with Crippen molar-refractivity contribution < 1.29 is 19.1 Å². The number of aryl methyl sites for hydroxylation is 3. The molecule has 0 saturated heterocycles. The van der Waals surface area contributed by atoms with E-state index in [9.17, 15) is 9.59 Å². The zero-order chi connectivity index (χ0) is 29.1. The number of hydrogen-bond donors (Lipinski definition) is 2. The number of amides is 2. The minimum absolute atomic E-state index is 0.0486. The van der Waals surface area contributed by atoms with Gasteiger partial charge in [0.1, 0.15) is 17.8 Å². The number of benzene rings is 1. The van der Waals surface area contributed by atoms with Gasteiger partial charge in [-0.15, -0.1) is 5.10 Å². The van der Waals surface area contributed by atoms with Crippen LogP contribution in [0.3, 0.4) is 0 Å². The third-order valence-corrected chi connectivity index (χ3v) is 5.95. The van der Waals surface area contributed by atoms with Crippen molar-refractivity contribution in [1.82, 2.24) is 20.1 Å². The second kappa shape index (κ2) is 11.5. The number of pyridine rings is 1. The Labute approximate surface area is 231 Å². The number of rotatable bonds is 8. The Morgan fingerprint density at radius 1 is 1.03 bits per heavy atom. The normalized spacial score (nSPS) is 11.8. The molecule has 2 aromatic heterocycles. The number of primary amides is 1. The zero-order valence-electron chi connectivity index (χ0n) is 24.6. The Morgan fingerprint density at radius 3 is 2.23 bits per heavy atom. The van der Waals surface area contributed by atoms with Crippen LogP contribution in [-0.2, 0) is 31.4 Å². The molecule has 2 amide bonds. The highest BCUT2D eigenvalue weighted by Crippen LogP contribution is 2.35. The molecule has 0 radical (unpaired) electrons. The van der Waals surface area contributed by atoms with E-state index in [1.54, 1.807) is 7.05 Å². The van der Waals surface area contributed by atoms with E-state index >= 15 is 0 Å². The molecule has 0 aliphatic rings. The number of hydrogen-bond acceptors (Lipinski definition) is 6. The Bertz CT molecular complexity index is 1350. The predicted octanol–water partition coefficient (Wildman–Crippen LogP) is 5.39. The Morgan fingerprint density at radius 2 is 1.67 bits per heavy atom. The van der Waals surface area contributed by atoms with Crippen LogP contribution in [0.5, 0.6) is 5.88 Å². The maximum absolute atomic E-state index is 12.7. The molecule has 0 fully saturated rings. The van der Waals surface area contributed by atoms with E-state index in [1.807, 2.05) is 46.8 Å². The fourth-order valence-corrected chi connectivity index (χ4v) is 4.29. The summed E-state index contributed by atoms with van der Waals surface area (Å²) in [4.78, 5) is 29.6. The first kappa shape index (κ1) is 29.7. The van der Waals surface area contributed by atoms with Crippen LogP contribution in [0.1, 0.15) is 80.0 Å². The zero-order valence-corrected chi connectivity index (χ0v) is 24.6. The molecule has 0 atom stereocenters. The van der Waals surface area contributed by atoms with Crippen LogP contribution in [-0.4, -0.2) is 32.4 Å². The summed E-state index contributed by atoms with van der Waals surface area (Å²) in [5, 5.41) is 7.20. The topological polar surface area (TPSA) is 121 Å². The molecule has 3 N–H and O–H groups in total. The van der Waals surface area contributed by atoms with Gasteiger partial charge < -0.3 is 20.5 Å². The fourth-order valence-electron chi connectivity index (χ4n) is 4.29. The third-order valence-electron chi connectivity index (χ3n) is 5.95. The molecule has 0 saturated carbocycles. The summed E-state index contributed by atoms with van der Waals surface area (Å²) >= 11 is 0. The largest absolute Gasteiger partial charge is 0.471 e. The van der Waals surface area contributed by atoms with Crippen molar-refractivity contribution in [3.05, 3.63) is 64.1 Å². The lowest BCUT2D eigenvalue weighted by Gasteiger charge is -2.26. The molecule has 0 unspecified atom stereocenters. The number of carbonyl (C=O) groups is 2. The average Bonchev–Trinajstić information content (AvgIpc) is 3.16. The van der Waals surface area contributed by atoms with Crippen LogP contribution in [0.25, 0.3) is 11.1 Å². The molecule has 3 rings (SSSR count). The van der Waals surface area contributed by atoms with E-state index < -0.39 is 17.6 Å². The maximum atomic E-state index is 12.7. The SMILES string of the molecule is Cc1ccc(-c2c(COc3nn(C)cc3C(N)=O)c(C)nc(CC(C)(C)C)c2CNC(=O)OC(C)(C)C)cc1. The Balaban J connectivity index is 2.16. The first-order chi connectivity index (χ1) is 18.0. The number of nitrogens with zero attached hydrogens (tertiary/aromatic N) is 3. The quantitative estimate of drug-likeness (QED) is 0.399. The van der Waals surface area contributed by atoms with Crippen LogP contribution >= 0.6 is 0 Å². The van der Waals surface area contributed by atoms with Crippen molar-refractivity contribution in [3.8, 4) is 17.0 Å². The maximum Gasteiger partial charge on any atom is 0.407 e. The van der Waals surface area contributed by atoms with Gasteiger partial charge >= 0.3 is 6.09 Å². The predicted molar refractivity (Wildman–Crippen MR) is 151 cm³/mol. The second-order valence-electron chi connectivity index (χ2n) is 12.1. The molecule has 0 bridgehead atoms. The van der Waals surface area contributed by atoms with Crippen LogP contribution in [0.4, 0.5) is 4.79 Å². The van der Waals surface area contributed by atoms with Crippen LogP contribution in [0.2, 0.25) is 0 Å². The fraction of sp³-hybridized carbons (Fsp3) is 0.467. The van der Waals surface area contributed by atoms with Gasteiger partial charge in [-0.25, -0.2) is 4.79 Å². The van der Waals surface area contributed by atoms with E-state index in [0.717, 1.165) is 39.2 Å². The number of carbonyl (C=O) groups excluding carboxylic acids is 2. The molecule has 39 heavy (non-hydrogen) atoms. The van der Waals surface area contributed by atoms with Gasteiger partial charge in [-0.2, -0.15) is 0 Å². The van der Waals surface area contributed by atoms with Crippen LogP contribution < -0.4 is 15.8 Å². The molecule has 210 valence electrons. The summed E-state index contributed by atoms with van der Waals surface area (Å²) in [5.41, 5.74) is 11.5. The lowest BCUT2D eigenvalue weighted by atomic mass is 9.85. The van der Waals surface area contributed by atoms with E-state index in [4.69, 9.17) is 20.2 Å². The van der Waals surface area contributed by atoms with Crippen LogP contribution in [0, 0.1) is 19.3 Å². The lowest BCUT2D eigenvalue weighted by molar-refractivity contribution is 0.0523. The van der Waals surface area contributed by atoms with E-state index in [-0.39, 0.29) is 30.0 Å². The van der Waals surface area contributed by atoms with E-state index in [2.05, 4.69) is 43.3 Å². The van der Waals surface area contributed by atoms with Crippen molar-refractivity contribution >= 4 is 12.0 Å². The van der Waals surface area contributed by atoms with Gasteiger partial charge in [-0.05, 0) is 57.6 Å². The molecular weight excluding hydrogens is 494 g/mol. The molecular formula is C30H41N5O4. The molecule has 0 spiro atoms. The van der Waals surface area contributed by atoms with E-state index in [0.29, 0.717) is 6.42 Å². The highest BCUT2D eigenvalue weighted by Gasteiger charge is 2.25. The van der Waals surface area contributed by atoms with Gasteiger partial charge in [-0.3, -0.25) is 14.5 Å². The van der Waals surface area contributed by atoms with Gasteiger partial charge in [0.2, 0.25) is 5.88 Å². The molecule has 3 aromatic rings. The Kier molecular flexibility index (Phi) is 8.73. The highest BCUT2D eigenvalue weighted by atomic mass is 16.6. The molecule has 9 nitrogen and oxygen atoms in total. The molecule has 0 aliphatic carbocycles. The molecule has 2 heterocycles. The molecule has 0 aliphatic heterocycles. The lowest BCUT2D eigenvalue weighted by Crippen LogP contribution is -2.33. The van der Waals surface area contributed by atoms with Crippen molar-refractivity contribution in [2.24, 2.45) is 18.2 Å². The van der Waals surface area contributed by atoms with Gasteiger partial charge in [0.15, 0.2) is 0 Å². The van der Waals surface area contributed by atoms with Gasteiger partial charge in [0.25, 0.3) is 5.91 Å². The highest BCUT2D eigenvalue weighted by molar-refractivity contribution is 5.94. The Hall–Kier alpha value is -3.88. The summed E-state index contributed by atoms with van der Waals surface area (Å²) < 4.78 is 13.1. The van der Waals surface area contributed by atoms with Crippen molar-refractivity contribution in [1.29, 1.82) is 0 Å². The minimum Gasteiger partial charge on any atom is -0.471 e. The molecule has 9 heteroatoms. The second-order valence-corrected chi connectivity index (χ2v) is 12.1. The van der Waals surface area contributed by atoms with Gasteiger partial charge in [-0.1, -0.05) is 50.6 Å². The minimum atomic E-state index is -0.622. The smallest absolute Gasteiger partial charge is 0.407 e. The van der Waals surface area contributed by atoms with Gasteiger partial charge in [0.05, 0.1) is 0 Å². The van der Waals surface area contributed by atoms with Gasteiger partial charge in [0, 0.05) is 42.3 Å². The number of ether oxygens (including phenoxy) is 2. The van der Waals surface area contributed by atoms with E-state index in [1.165, 1.54) is 10.9 Å². The van der Waals surface area contributed by atoms with Crippen molar-refractivity contribution in [2.45, 2.75) is 80.6 Å². The summed E-state index contributed by atoms with van der Waals surface area (Å²) in [6, 6.07) is 8.21. The number of alkyl carbamates (subject to hydrolysis) is 1. The monoisotopic (exact) mass is 535 g/mol. The average molecular weight is 536 g/mol. The summed E-state index contributed by atoms with van der Waals surface area (Å²) in [7, 11) is 1.70. The first-order valence-corrected chi connectivity index (χ1v) is 13.1. The first-order valence-electron chi connectivity index (χ1n) is 13.1. The molecule has 1 aromatic carbocycles. The third kappa shape index (κ3) is 8.05. The summed E-state index contributed by atoms with van der Waals surface area (Å²) in [6.07, 6.45) is 1.73. The van der Waals surface area contributed by atoms with Crippen LogP contribution in [0.15, 0.2) is 30.5 Å². The number of nitrogens with two attached hydrogens (primary N) is 1. The standard InChI is InChI=1S/C30H41N5O4/c1-18-10-12-20(13-11-18)25-21(15-32-28(37)39-30(6,7)8)24(14-29(3,4)5)33-19(2)23(25)17-38-27-22(26(31)36)16-35(9)34-27/h10-13,16H,14-15,17H2,1-9H3,(H2,31,36)(H,32,37). The summed E-state index contributed by atoms with van der Waals surface area (Å²) in [5.74, 6) is -0.457. The number of aromatic nitrogens is 3. The van der Waals surface area contributed by atoms with Crippen molar-refractivity contribution in [2.75, 3.05) is 0 Å².